The van der Waals surface area contributed by atoms with Crippen LogP contribution in [0, 0.1) is 0 Å². The van der Waals surface area contributed by atoms with Crippen molar-refractivity contribution < 1.29 is 14.0 Å². The molecule has 0 bridgehead atoms. The first-order valence-electron chi connectivity index (χ1n) is 4.99. The highest BCUT2D eigenvalue weighted by molar-refractivity contribution is 5.74. The molecule has 0 fully saturated rings. The first-order valence-corrected chi connectivity index (χ1v) is 4.99. The van der Waals surface area contributed by atoms with Crippen LogP contribution in [0.4, 0.5) is 0 Å². The molecular formula is C10H14N2O3. The van der Waals surface area contributed by atoms with Crippen molar-refractivity contribution in [3.05, 3.63) is 23.7 Å². The topological polar surface area (TPSA) is 77.5 Å². The van der Waals surface area contributed by atoms with E-state index in [0.29, 0.717) is 0 Å². The Morgan fingerprint density at radius 1 is 1.73 bits per heavy atom. The molecule has 3 N–H and O–H groups in total. The molecule has 1 atom stereocenters. The fourth-order valence-electron chi connectivity index (χ4n) is 1.82. The number of nitrogens with two attached hydrogens (primary N) is 1. The Morgan fingerprint density at radius 3 is 3.40 bits per heavy atom. The van der Waals surface area contributed by atoms with Crippen molar-refractivity contribution in [3.63, 3.8) is 0 Å². The van der Waals surface area contributed by atoms with E-state index in [1.165, 1.54) is 0 Å². The van der Waals surface area contributed by atoms with Crippen molar-refractivity contribution in [2.45, 2.75) is 25.3 Å². The number of primary amides is 1. The lowest BCUT2D eigenvalue weighted by molar-refractivity contribution is -0.126. The van der Waals surface area contributed by atoms with Gasteiger partial charge in [-0.25, -0.2) is 0 Å². The second-order valence-electron chi connectivity index (χ2n) is 3.62. The quantitative estimate of drug-likeness (QED) is 0.716. The third-order valence-corrected chi connectivity index (χ3v) is 2.49. The number of fused-ring (bicyclic) bond motifs is 1. The Kier molecular flexibility index (Phi) is 3.03. The number of nitrogens with one attached hydrogen (secondary N) is 1. The highest BCUT2D eigenvalue weighted by atomic mass is 16.6. The van der Waals surface area contributed by atoms with Gasteiger partial charge in [0.15, 0.2) is 0 Å². The lowest BCUT2D eigenvalue weighted by Gasteiger charge is -2.21. The number of amides is 1. The van der Waals surface area contributed by atoms with Gasteiger partial charge in [0, 0.05) is 12.0 Å². The average Bonchev–Trinajstić information content (AvgIpc) is 2.65. The molecule has 82 valence electrons. The zero-order valence-corrected chi connectivity index (χ0v) is 8.36. The van der Waals surface area contributed by atoms with Crippen LogP contribution >= 0.6 is 0 Å². The third-order valence-electron chi connectivity index (χ3n) is 2.49. The van der Waals surface area contributed by atoms with Crippen molar-refractivity contribution in [2.75, 3.05) is 6.61 Å². The zero-order valence-electron chi connectivity index (χ0n) is 8.36. The molecule has 1 aromatic heterocycles. The zero-order chi connectivity index (χ0) is 10.7. The molecule has 2 rings (SSSR count). The molecule has 1 aromatic rings. The number of aryl methyl sites for hydroxylation is 1. The van der Waals surface area contributed by atoms with Crippen LogP contribution in [0.3, 0.4) is 0 Å². The molecule has 1 aliphatic carbocycles. The van der Waals surface area contributed by atoms with Crippen LogP contribution in [0.15, 0.2) is 16.7 Å². The van der Waals surface area contributed by atoms with Gasteiger partial charge in [-0.3, -0.25) is 9.63 Å². The van der Waals surface area contributed by atoms with E-state index in [2.05, 4.69) is 5.48 Å². The van der Waals surface area contributed by atoms with Gasteiger partial charge in [0.25, 0.3) is 0 Å². The van der Waals surface area contributed by atoms with Gasteiger partial charge >= 0.3 is 0 Å². The number of furan rings is 1. The predicted molar refractivity (Wildman–Crippen MR) is 52.7 cm³/mol. The summed E-state index contributed by atoms with van der Waals surface area (Å²) in [5.41, 5.74) is 8.91. The molecule has 5 heteroatoms. The van der Waals surface area contributed by atoms with E-state index in [-0.39, 0.29) is 12.6 Å². The number of carbonyl (C=O) groups is 1. The molecule has 0 spiro atoms. The molecule has 0 aromatic carbocycles. The van der Waals surface area contributed by atoms with Crippen molar-refractivity contribution in [2.24, 2.45) is 5.73 Å². The van der Waals surface area contributed by atoms with Gasteiger partial charge in [0.05, 0.1) is 12.3 Å². The van der Waals surface area contributed by atoms with Gasteiger partial charge in [-0.2, -0.15) is 5.48 Å². The molecule has 0 aliphatic heterocycles. The van der Waals surface area contributed by atoms with Gasteiger partial charge < -0.3 is 10.2 Å². The number of hydrogen-bond donors (Lipinski definition) is 2. The van der Waals surface area contributed by atoms with Crippen molar-refractivity contribution in [3.8, 4) is 0 Å². The van der Waals surface area contributed by atoms with E-state index in [0.717, 1.165) is 30.6 Å². The van der Waals surface area contributed by atoms with Crippen molar-refractivity contribution in [1.82, 2.24) is 5.48 Å². The maximum Gasteiger partial charge on any atom is 0.245 e. The van der Waals surface area contributed by atoms with E-state index >= 15 is 0 Å². The standard InChI is InChI=1S/C10H14N2O3/c11-10(13)6-15-12-8-2-1-3-9-7(8)4-5-14-9/h4-5,8,12H,1-3,6H2,(H2,11,13). The van der Waals surface area contributed by atoms with Crippen molar-refractivity contribution in [1.29, 1.82) is 0 Å². The predicted octanol–water partition coefficient (Wildman–Crippen LogP) is 0.663. The molecule has 1 aliphatic rings. The average molecular weight is 210 g/mol. The summed E-state index contributed by atoms with van der Waals surface area (Å²) in [5, 5.41) is 0. The van der Waals surface area contributed by atoms with Crippen LogP contribution in [0.2, 0.25) is 0 Å². The van der Waals surface area contributed by atoms with E-state index in [1.54, 1.807) is 6.26 Å². The Bertz CT molecular complexity index is 348. The minimum atomic E-state index is -0.481. The molecule has 5 nitrogen and oxygen atoms in total. The van der Waals surface area contributed by atoms with Gasteiger partial charge in [0.1, 0.15) is 12.4 Å². The maximum atomic E-state index is 10.5. The monoisotopic (exact) mass is 210 g/mol. The maximum absolute atomic E-state index is 10.5. The van der Waals surface area contributed by atoms with E-state index in [9.17, 15) is 4.79 Å². The van der Waals surface area contributed by atoms with Crippen LogP contribution in [0.25, 0.3) is 0 Å². The Morgan fingerprint density at radius 2 is 2.60 bits per heavy atom. The molecule has 0 radical (unpaired) electrons. The Balaban J connectivity index is 1.92. The SMILES string of the molecule is NC(=O)CONC1CCCc2occc21. The number of rotatable bonds is 4. The summed E-state index contributed by atoms with van der Waals surface area (Å²) in [6.07, 6.45) is 4.68. The molecule has 0 saturated carbocycles. The van der Waals surface area contributed by atoms with Crippen molar-refractivity contribution >= 4 is 5.91 Å². The smallest absolute Gasteiger partial charge is 0.245 e. The second kappa shape index (κ2) is 4.46. The summed E-state index contributed by atoms with van der Waals surface area (Å²) in [5.74, 6) is 0.521. The highest BCUT2D eigenvalue weighted by Crippen LogP contribution is 2.30. The van der Waals surface area contributed by atoms with Gasteiger partial charge in [-0.15, -0.1) is 0 Å². The molecule has 1 heterocycles. The highest BCUT2D eigenvalue weighted by Gasteiger charge is 2.22. The largest absolute Gasteiger partial charge is 0.469 e. The normalized spacial score (nSPS) is 19.9. The second-order valence-corrected chi connectivity index (χ2v) is 3.62. The summed E-state index contributed by atoms with van der Waals surface area (Å²) < 4.78 is 5.33. The van der Waals surface area contributed by atoms with Gasteiger partial charge in [-0.05, 0) is 18.9 Å². The lowest BCUT2D eigenvalue weighted by Crippen LogP contribution is -2.29. The minimum Gasteiger partial charge on any atom is -0.469 e. The Labute approximate surface area is 87.5 Å². The van der Waals surface area contributed by atoms with Gasteiger partial charge in [0.2, 0.25) is 5.91 Å². The summed E-state index contributed by atoms with van der Waals surface area (Å²) in [6, 6.07) is 2.03. The number of carbonyl (C=O) groups excluding carboxylic acids is 1. The van der Waals surface area contributed by atoms with Crippen LogP contribution in [0.5, 0.6) is 0 Å². The van der Waals surface area contributed by atoms with E-state index in [1.807, 2.05) is 6.07 Å². The van der Waals surface area contributed by atoms with Crippen LogP contribution in [0.1, 0.15) is 30.2 Å². The Hall–Kier alpha value is -1.33. The summed E-state index contributed by atoms with van der Waals surface area (Å²) in [4.78, 5) is 15.5. The summed E-state index contributed by atoms with van der Waals surface area (Å²) in [6.45, 7) is -0.107. The van der Waals surface area contributed by atoms with Crippen LogP contribution in [-0.4, -0.2) is 12.5 Å². The molecule has 1 unspecified atom stereocenters. The third kappa shape index (κ3) is 2.37. The fraction of sp³-hybridized carbons (Fsp3) is 0.500. The molecule has 1 amide bonds. The fourth-order valence-corrected chi connectivity index (χ4v) is 1.82. The number of hydroxylamine groups is 1. The van der Waals surface area contributed by atoms with Crippen LogP contribution in [-0.2, 0) is 16.1 Å². The number of hydrogen-bond acceptors (Lipinski definition) is 4. The summed E-state index contributed by atoms with van der Waals surface area (Å²) in [7, 11) is 0. The summed E-state index contributed by atoms with van der Waals surface area (Å²) >= 11 is 0. The van der Waals surface area contributed by atoms with Gasteiger partial charge in [-0.1, -0.05) is 0 Å². The lowest BCUT2D eigenvalue weighted by atomic mass is 9.94. The van der Waals surface area contributed by atoms with E-state index < -0.39 is 5.91 Å². The molecule has 0 saturated heterocycles. The van der Waals surface area contributed by atoms with Crippen LogP contribution < -0.4 is 11.2 Å². The molecular weight excluding hydrogens is 196 g/mol. The molecule has 15 heavy (non-hydrogen) atoms. The van der Waals surface area contributed by atoms with E-state index in [4.69, 9.17) is 15.0 Å². The first kappa shape index (κ1) is 10.2. The first-order chi connectivity index (χ1) is 7.27. The minimum absolute atomic E-state index is 0.104.